The van der Waals surface area contributed by atoms with Gasteiger partial charge in [0.25, 0.3) is 0 Å². The number of carbonyl (C=O) groups is 2. The van der Waals surface area contributed by atoms with Gasteiger partial charge < -0.3 is 4.74 Å². The minimum Gasteiger partial charge on any atom is -0.451 e. The lowest BCUT2D eigenvalue weighted by molar-refractivity contribution is -0.142. The monoisotopic (exact) mass is 280 g/mol. The van der Waals surface area contributed by atoms with Gasteiger partial charge in [-0.25, -0.2) is 4.79 Å². The fourth-order valence-electron chi connectivity index (χ4n) is 1.63. The van der Waals surface area contributed by atoms with Crippen LogP contribution in [0.3, 0.4) is 0 Å². The molecular weight excluding hydrogens is 260 g/mol. The van der Waals surface area contributed by atoms with Crippen LogP contribution in [0.5, 0.6) is 0 Å². The molecule has 1 aromatic heterocycles. The van der Waals surface area contributed by atoms with Crippen molar-refractivity contribution < 1.29 is 14.3 Å². The van der Waals surface area contributed by atoms with Gasteiger partial charge in [-0.05, 0) is 31.2 Å². The van der Waals surface area contributed by atoms with Crippen molar-refractivity contribution in [2.45, 2.75) is 45.6 Å². The maximum Gasteiger partial charge on any atom is 0.333 e. The quantitative estimate of drug-likeness (QED) is 0.313. The zero-order chi connectivity index (χ0) is 14.3. The Morgan fingerprint density at radius 2 is 2.16 bits per heavy atom. The van der Waals surface area contributed by atoms with Crippen molar-refractivity contribution in [2.24, 2.45) is 0 Å². The molecule has 0 aliphatic heterocycles. The summed E-state index contributed by atoms with van der Waals surface area (Å²) in [6, 6.07) is 3.58. The second kappa shape index (κ2) is 7.89. The second-order valence-electron chi connectivity index (χ2n) is 4.51. The van der Waals surface area contributed by atoms with Gasteiger partial charge in [0.15, 0.2) is 6.10 Å². The van der Waals surface area contributed by atoms with Crippen LogP contribution in [0.15, 0.2) is 29.7 Å². The van der Waals surface area contributed by atoms with Crippen LogP contribution in [0.1, 0.15) is 49.2 Å². The van der Waals surface area contributed by atoms with E-state index in [1.165, 1.54) is 11.3 Å². The minimum atomic E-state index is -0.686. The molecule has 0 amide bonds. The summed E-state index contributed by atoms with van der Waals surface area (Å²) < 4.78 is 5.26. The summed E-state index contributed by atoms with van der Waals surface area (Å²) in [5, 5.41) is 1.84. The van der Waals surface area contributed by atoms with Crippen LogP contribution < -0.4 is 0 Å². The van der Waals surface area contributed by atoms with Gasteiger partial charge in [0.2, 0.25) is 5.78 Å². The van der Waals surface area contributed by atoms with Crippen molar-refractivity contribution in [1.29, 1.82) is 0 Å². The average Bonchev–Trinajstić information content (AvgIpc) is 2.90. The van der Waals surface area contributed by atoms with Gasteiger partial charge >= 0.3 is 5.97 Å². The van der Waals surface area contributed by atoms with Crippen molar-refractivity contribution in [3.8, 4) is 0 Å². The van der Waals surface area contributed by atoms with Gasteiger partial charge in [0, 0.05) is 5.57 Å². The van der Waals surface area contributed by atoms with Gasteiger partial charge in [0.1, 0.15) is 0 Å². The first-order valence-electron chi connectivity index (χ1n) is 6.50. The summed E-state index contributed by atoms with van der Waals surface area (Å²) in [7, 11) is 0. The molecule has 0 fully saturated rings. The van der Waals surface area contributed by atoms with E-state index in [1.54, 1.807) is 13.0 Å². The molecule has 0 aromatic carbocycles. The average molecular weight is 280 g/mol. The number of esters is 1. The van der Waals surface area contributed by atoms with Crippen LogP contribution in [-0.2, 0) is 9.53 Å². The minimum absolute atomic E-state index is 0.110. The number of ether oxygens (including phenoxy) is 1. The Labute approximate surface area is 118 Å². The smallest absolute Gasteiger partial charge is 0.333 e. The number of hydrogen-bond acceptors (Lipinski definition) is 4. The predicted octanol–water partition coefficient (Wildman–Crippen LogP) is 4.00. The highest BCUT2D eigenvalue weighted by Gasteiger charge is 2.24. The largest absolute Gasteiger partial charge is 0.451 e. The summed E-state index contributed by atoms with van der Waals surface area (Å²) in [5.74, 6) is -0.605. The maximum absolute atomic E-state index is 12.3. The summed E-state index contributed by atoms with van der Waals surface area (Å²) in [4.78, 5) is 24.5. The Hall–Kier alpha value is -1.42. The third-order valence-corrected chi connectivity index (χ3v) is 3.61. The van der Waals surface area contributed by atoms with Gasteiger partial charge in [-0.15, -0.1) is 11.3 Å². The van der Waals surface area contributed by atoms with Crippen molar-refractivity contribution in [3.63, 3.8) is 0 Å². The molecule has 3 nitrogen and oxygen atoms in total. The highest BCUT2D eigenvalue weighted by Crippen LogP contribution is 2.18. The Morgan fingerprint density at radius 1 is 1.42 bits per heavy atom. The van der Waals surface area contributed by atoms with Crippen molar-refractivity contribution in [3.05, 3.63) is 34.5 Å². The molecule has 0 saturated carbocycles. The molecule has 0 radical (unpaired) electrons. The first kappa shape index (κ1) is 15.6. The Kier molecular flexibility index (Phi) is 6.50. The molecule has 1 atom stereocenters. The standard InChI is InChI=1S/C15H20O3S/c1-4-5-6-8-12(18-15(17)11(2)3)14(16)13-9-7-10-19-13/h7,9-10,12H,2,4-6,8H2,1,3H3. The number of hydrogen-bond donors (Lipinski definition) is 0. The summed E-state index contributed by atoms with van der Waals surface area (Å²) in [6.45, 7) is 7.22. The highest BCUT2D eigenvalue weighted by molar-refractivity contribution is 7.12. The van der Waals surface area contributed by atoms with Gasteiger partial charge in [-0.1, -0.05) is 32.4 Å². The number of rotatable bonds is 8. The summed E-state index contributed by atoms with van der Waals surface area (Å²) in [6.07, 6.45) is 2.85. The highest BCUT2D eigenvalue weighted by atomic mass is 32.1. The number of thiophene rings is 1. The van der Waals surface area contributed by atoms with Crippen molar-refractivity contribution >= 4 is 23.1 Å². The van der Waals surface area contributed by atoms with E-state index < -0.39 is 12.1 Å². The van der Waals surface area contributed by atoms with Crippen LogP contribution in [0.2, 0.25) is 0 Å². The molecular formula is C15H20O3S. The van der Waals surface area contributed by atoms with Crippen LogP contribution in [-0.4, -0.2) is 17.9 Å². The van der Waals surface area contributed by atoms with E-state index in [9.17, 15) is 9.59 Å². The van der Waals surface area contributed by atoms with Crippen LogP contribution >= 0.6 is 11.3 Å². The molecule has 0 aliphatic carbocycles. The van der Waals surface area contributed by atoms with E-state index in [4.69, 9.17) is 4.74 Å². The third-order valence-electron chi connectivity index (χ3n) is 2.72. The molecule has 1 aromatic rings. The number of unbranched alkanes of at least 4 members (excludes halogenated alkanes) is 2. The van der Waals surface area contributed by atoms with Gasteiger partial charge in [-0.2, -0.15) is 0 Å². The number of carbonyl (C=O) groups excluding carboxylic acids is 2. The van der Waals surface area contributed by atoms with Crippen molar-refractivity contribution in [1.82, 2.24) is 0 Å². The lowest BCUT2D eigenvalue weighted by atomic mass is 10.1. The molecule has 0 spiro atoms. The SMILES string of the molecule is C=C(C)C(=O)OC(CCCCC)C(=O)c1cccs1. The lowest BCUT2D eigenvalue weighted by Gasteiger charge is -2.16. The molecule has 0 bridgehead atoms. The van der Waals surface area contributed by atoms with Gasteiger partial charge in [0.05, 0.1) is 4.88 Å². The number of Topliss-reactive ketones (excluding diaryl/α,β-unsaturated/α-hetero) is 1. The van der Waals surface area contributed by atoms with E-state index >= 15 is 0 Å². The summed E-state index contributed by atoms with van der Waals surface area (Å²) in [5.41, 5.74) is 0.319. The fourth-order valence-corrected chi connectivity index (χ4v) is 2.34. The number of ketones is 1. The Balaban J connectivity index is 2.71. The molecule has 1 rings (SSSR count). The lowest BCUT2D eigenvalue weighted by Crippen LogP contribution is -2.27. The van der Waals surface area contributed by atoms with E-state index in [0.717, 1.165) is 19.3 Å². The van der Waals surface area contributed by atoms with Crippen LogP contribution in [0, 0.1) is 0 Å². The first-order valence-corrected chi connectivity index (χ1v) is 7.38. The Morgan fingerprint density at radius 3 is 2.68 bits per heavy atom. The van der Waals surface area contributed by atoms with Crippen LogP contribution in [0.4, 0.5) is 0 Å². The fraction of sp³-hybridized carbons (Fsp3) is 0.467. The summed E-state index contributed by atoms with van der Waals surface area (Å²) >= 11 is 1.37. The molecule has 4 heteroatoms. The molecule has 19 heavy (non-hydrogen) atoms. The van der Waals surface area contributed by atoms with E-state index in [1.807, 2.05) is 11.4 Å². The molecule has 0 N–H and O–H groups in total. The topological polar surface area (TPSA) is 43.4 Å². The van der Waals surface area contributed by atoms with E-state index in [2.05, 4.69) is 13.5 Å². The van der Waals surface area contributed by atoms with E-state index in [0.29, 0.717) is 16.9 Å². The zero-order valence-electron chi connectivity index (χ0n) is 11.5. The first-order chi connectivity index (χ1) is 9.06. The third kappa shape index (κ3) is 4.99. The molecule has 0 saturated heterocycles. The normalized spacial score (nSPS) is 11.9. The molecule has 104 valence electrons. The second-order valence-corrected chi connectivity index (χ2v) is 5.46. The molecule has 1 heterocycles. The van der Waals surface area contributed by atoms with Crippen molar-refractivity contribution in [2.75, 3.05) is 0 Å². The zero-order valence-corrected chi connectivity index (χ0v) is 12.3. The van der Waals surface area contributed by atoms with E-state index in [-0.39, 0.29) is 5.78 Å². The van der Waals surface area contributed by atoms with Crippen LogP contribution in [0.25, 0.3) is 0 Å². The Bertz CT molecular complexity index is 434. The maximum atomic E-state index is 12.3. The van der Waals surface area contributed by atoms with Gasteiger partial charge in [-0.3, -0.25) is 4.79 Å². The molecule has 0 aliphatic rings. The molecule has 1 unspecified atom stereocenters. The predicted molar refractivity (Wildman–Crippen MR) is 77.5 cm³/mol.